The number of aryl methyl sites for hydroxylation is 1. The van der Waals surface area contributed by atoms with Crippen LogP contribution in [0.3, 0.4) is 0 Å². The highest BCUT2D eigenvalue weighted by molar-refractivity contribution is 5.88. The monoisotopic (exact) mass is 410 g/mol. The summed E-state index contributed by atoms with van der Waals surface area (Å²) >= 11 is 0. The lowest BCUT2D eigenvalue weighted by atomic mass is 9.95. The number of hydrogen-bond donors (Lipinski definition) is 1. The number of rotatable bonds is 7. The van der Waals surface area contributed by atoms with Crippen LogP contribution in [0.4, 0.5) is 4.39 Å². The Hall–Kier alpha value is -2.69. The van der Waals surface area contributed by atoms with Crippen molar-refractivity contribution >= 4 is 11.8 Å². The highest BCUT2D eigenvalue weighted by atomic mass is 19.1. The van der Waals surface area contributed by atoms with Crippen molar-refractivity contribution in [2.75, 3.05) is 0 Å². The maximum Gasteiger partial charge on any atom is 0.242 e. The first-order chi connectivity index (χ1) is 14.4. The summed E-state index contributed by atoms with van der Waals surface area (Å²) in [6.07, 6.45) is 5.69. The fourth-order valence-corrected chi connectivity index (χ4v) is 3.92. The third kappa shape index (κ3) is 6.15. The first-order valence-electron chi connectivity index (χ1n) is 10.8. The Morgan fingerprint density at radius 2 is 1.60 bits per heavy atom. The van der Waals surface area contributed by atoms with Crippen LogP contribution < -0.4 is 5.32 Å². The standard InChI is InChI=1S/C25H31FN2O2/c1-18-8-10-20(11-9-18)16-24(29)28(17-21-12-14-22(26)15-13-21)19(2)25(30)27-23-6-4-3-5-7-23/h8-15,19,23H,3-7,16-17H2,1-2H3,(H,27,30). The minimum Gasteiger partial charge on any atom is -0.352 e. The van der Waals surface area contributed by atoms with E-state index in [4.69, 9.17) is 0 Å². The van der Waals surface area contributed by atoms with Crippen molar-refractivity contribution in [1.29, 1.82) is 0 Å². The number of benzene rings is 2. The Morgan fingerprint density at radius 1 is 1.00 bits per heavy atom. The van der Waals surface area contributed by atoms with Crippen LogP contribution in [-0.4, -0.2) is 28.8 Å². The molecule has 2 aromatic rings. The maximum absolute atomic E-state index is 13.3. The number of carbonyl (C=O) groups excluding carboxylic acids is 2. The molecule has 0 aliphatic heterocycles. The van der Waals surface area contributed by atoms with Crippen LogP contribution >= 0.6 is 0 Å². The second-order valence-corrected chi connectivity index (χ2v) is 8.33. The molecule has 3 rings (SSSR count). The average molecular weight is 411 g/mol. The molecular weight excluding hydrogens is 379 g/mol. The van der Waals surface area contributed by atoms with E-state index >= 15 is 0 Å². The fourth-order valence-electron chi connectivity index (χ4n) is 3.92. The molecule has 1 unspecified atom stereocenters. The number of amides is 2. The molecule has 4 nitrogen and oxygen atoms in total. The second-order valence-electron chi connectivity index (χ2n) is 8.33. The number of hydrogen-bond acceptors (Lipinski definition) is 2. The van der Waals surface area contributed by atoms with E-state index in [1.807, 2.05) is 31.2 Å². The summed E-state index contributed by atoms with van der Waals surface area (Å²) in [6, 6.07) is 13.5. The summed E-state index contributed by atoms with van der Waals surface area (Å²) in [5.74, 6) is -0.560. The van der Waals surface area contributed by atoms with E-state index in [9.17, 15) is 14.0 Å². The zero-order valence-electron chi connectivity index (χ0n) is 17.9. The lowest BCUT2D eigenvalue weighted by Crippen LogP contribution is -2.50. The first-order valence-corrected chi connectivity index (χ1v) is 10.8. The number of nitrogens with zero attached hydrogens (tertiary/aromatic N) is 1. The number of carbonyl (C=O) groups is 2. The van der Waals surface area contributed by atoms with E-state index in [1.54, 1.807) is 24.0 Å². The Labute approximate surface area is 178 Å². The van der Waals surface area contributed by atoms with Crippen LogP contribution in [0.2, 0.25) is 0 Å². The second kappa shape index (κ2) is 10.4. The molecule has 30 heavy (non-hydrogen) atoms. The predicted octanol–water partition coefficient (Wildman–Crippen LogP) is 4.54. The lowest BCUT2D eigenvalue weighted by molar-refractivity contribution is -0.140. The molecule has 1 N–H and O–H groups in total. The molecule has 0 saturated heterocycles. The Morgan fingerprint density at radius 3 is 2.23 bits per heavy atom. The molecule has 0 heterocycles. The van der Waals surface area contributed by atoms with Gasteiger partial charge in [0.05, 0.1) is 6.42 Å². The van der Waals surface area contributed by atoms with Crippen LogP contribution in [0.5, 0.6) is 0 Å². The molecule has 1 saturated carbocycles. The van der Waals surface area contributed by atoms with Crippen LogP contribution in [0.15, 0.2) is 48.5 Å². The van der Waals surface area contributed by atoms with Crippen molar-refractivity contribution < 1.29 is 14.0 Å². The Balaban J connectivity index is 1.74. The van der Waals surface area contributed by atoms with Gasteiger partial charge in [-0.15, -0.1) is 0 Å². The molecule has 1 aliphatic rings. The van der Waals surface area contributed by atoms with Gasteiger partial charge in [-0.2, -0.15) is 0 Å². The molecule has 1 fully saturated rings. The largest absolute Gasteiger partial charge is 0.352 e. The first kappa shape index (κ1) is 22.0. The zero-order valence-corrected chi connectivity index (χ0v) is 17.9. The topological polar surface area (TPSA) is 49.4 Å². The van der Waals surface area contributed by atoms with Crippen molar-refractivity contribution in [2.24, 2.45) is 0 Å². The third-order valence-corrected chi connectivity index (χ3v) is 5.86. The van der Waals surface area contributed by atoms with Crippen molar-refractivity contribution in [1.82, 2.24) is 10.2 Å². The van der Waals surface area contributed by atoms with Crippen molar-refractivity contribution in [3.05, 3.63) is 71.0 Å². The Bertz CT molecular complexity index is 842. The minimum atomic E-state index is -0.602. The van der Waals surface area contributed by atoms with Gasteiger partial charge in [-0.05, 0) is 49.9 Å². The van der Waals surface area contributed by atoms with E-state index in [1.165, 1.54) is 18.6 Å². The molecule has 0 bridgehead atoms. The van der Waals surface area contributed by atoms with Gasteiger partial charge in [0.2, 0.25) is 11.8 Å². The summed E-state index contributed by atoms with van der Waals surface area (Å²) < 4.78 is 13.3. The van der Waals surface area contributed by atoms with Gasteiger partial charge in [0.1, 0.15) is 11.9 Å². The minimum absolute atomic E-state index is 0.116. The summed E-state index contributed by atoms with van der Waals surface area (Å²) in [5, 5.41) is 3.13. The summed E-state index contributed by atoms with van der Waals surface area (Å²) in [5.41, 5.74) is 2.84. The van der Waals surface area contributed by atoms with Crippen LogP contribution in [0.25, 0.3) is 0 Å². The molecule has 1 atom stereocenters. The highest BCUT2D eigenvalue weighted by Crippen LogP contribution is 2.19. The fraction of sp³-hybridized carbons (Fsp3) is 0.440. The van der Waals surface area contributed by atoms with E-state index in [-0.39, 0.29) is 36.6 Å². The van der Waals surface area contributed by atoms with Gasteiger partial charge in [-0.1, -0.05) is 61.2 Å². The SMILES string of the molecule is Cc1ccc(CC(=O)N(Cc2ccc(F)cc2)C(C)C(=O)NC2CCCCC2)cc1. The molecule has 2 amide bonds. The Kier molecular flexibility index (Phi) is 7.61. The third-order valence-electron chi connectivity index (χ3n) is 5.86. The van der Waals surface area contributed by atoms with Gasteiger partial charge in [0.25, 0.3) is 0 Å². The van der Waals surface area contributed by atoms with E-state index < -0.39 is 6.04 Å². The predicted molar refractivity (Wildman–Crippen MR) is 116 cm³/mol. The molecule has 0 spiro atoms. The van der Waals surface area contributed by atoms with Crippen LogP contribution in [-0.2, 0) is 22.6 Å². The molecule has 5 heteroatoms. The summed E-state index contributed by atoms with van der Waals surface area (Å²) in [6.45, 7) is 4.04. The van der Waals surface area contributed by atoms with E-state index in [0.29, 0.717) is 0 Å². The highest BCUT2D eigenvalue weighted by Gasteiger charge is 2.28. The summed E-state index contributed by atoms with van der Waals surface area (Å²) in [4.78, 5) is 27.7. The summed E-state index contributed by atoms with van der Waals surface area (Å²) in [7, 11) is 0. The van der Waals surface area contributed by atoms with Gasteiger partial charge in [0, 0.05) is 12.6 Å². The van der Waals surface area contributed by atoms with Gasteiger partial charge in [0.15, 0.2) is 0 Å². The smallest absolute Gasteiger partial charge is 0.242 e. The molecule has 2 aromatic carbocycles. The van der Waals surface area contributed by atoms with Gasteiger partial charge >= 0.3 is 0 Å². The molecule has 160 valence electrons. The van der Waals surface area contributed by atoms with Gasteiger partial charge < -0.3 is 10.2 Å². The average Bonchev–Trinajstić information content (AvgIpc) is 2.75. The van der Waals surface area contributed by atoms with Crippen molar-refractivity contribution in [3.8, 4) is 0 Å². The van der Waals surface area contributed by atoms with Crippen molar-refractivity contribution in [3.63, 3.8) is 0 Å². The van der Waals surface area contributed by atoms with E-state index in [0.717, 1.165) is 42.4 Å². The van der Waals surface area contributed by atoms with E-state index in [2.05, 4.69) is 5.32 Å². The normalized spacial score (nSPS) is 15.4. The molecule has 0 radical (unpaired) electrons. The lowest BCUT2D eigenvalue weighted by Gasteiger charge is -2.31. The van der Waals surface area contributed by atoms with Gasteiger partial charge in [-0.25, -0.2) is 4.39 Å². The van der Waals surface area contributed by atoms with Crippen LogP contribution in [0.1, 0.15) is 55.7 Å². The quantitative estimate of drug-likeness (QED) is 0.728. The van der Waals surface area contributed by atoms with Crippen molar-refractivity contribution in [2.45, 2.75) is 71.0 Å². The van der Waals surface area contributed by atoms with Gasteiger partial charge in [-0.3, -0.25) is 9.59 Å². The maximum atomic E-state index is 13.3. The molecule has 1 aliphatic carbocycles. The molecule has 0 aromatic heterocycles. The van der Waals surface area contributed by atoms with Crippen LogP contribution in [0, 0.1) is 12.7 Å². The molecular formula is C25H31FN2O2. The number of halogens is 1. The zero-order chi connectivity index (χ0) is 21.5. The number of nitrogens with one attached hydrogen (secondary N) is 1.